The summed E-state index contributed by atoms with van der Waals surface area (Å²) in [4.78, 5) is 29.4. The summed E-state index contributed by atoms with van der Waals surface area (Å²) in [6.07, 6.45) is 0.239. The molecule has 0 radical (unpaired) electrons. The van der Waals surface area contributed by atoms with Crippen LogP contribution in [0.25, 0.3) is 0 Å². The molecule has 0 aromatic heterocycles. The lowest BCUT2D eigenvalue weighted by atomic mass is 10.0. The SMILES string of the molecule is CCNC(=O)C(Cc1ccccc1)N(Cc1ccc(Br)cc1)C(=O)CN(c1ccccc1)S(=O)(=O)c1ccc(OC)c(OC)c1. The van der Waals surface area contributed by atoms with Gasteiger partial charge in [-0.15, -0.1) is 0 Å². The molecule has 0 aliphatic rings. The van der Waals surface area contributed by atoms with Crippen molar-refractivity contribution in [2.45, 2.75) is 30.8 Å². The maximum atomic E-state index is 14.4. The highest BCUT2D eigenvalue weighted by Crippen LogP contribution is 2.32. The number of sulfonamides is 1. The standard InChI is InChI=1S/C34H36BrN3O6S/c1-4-36-34(40)30(21-25-11-7-5-8-12-25)37(23-26-15-17-27(35)18-16-26)33(39)24-38(28-13-9-6-10-14-28)45(41,42)29-19-20-31(43-2)32(22-29)44-3/h5-20,22,30H,4,21,23-24H2,1-3H3,(H,36,40). The number of rotatable bonds is 14. The number of carbonyl (C=O) groups is 2. The maximum absolute atomic E-state index is 14.4. The number of benzene rings is 4. The molecule has 1 atom stereocenters. The highest BCUT2D eigenvalue weighted by Gasteiger charge is 2.34. The molecule has 1 N–H and O–H groups in total. The van der Waals surface area contributed by atoms with Crippen LogP contribution in [-0.2, 0) is 32.6 Å². The zero-order valence-corrected chi connectivity index (χ0v) is 27.8. The van der Waals surface area contributed by atoms with Crippen LogP contribution < -0.4 is 19.1 Å². The van der Waals surface area contributed by atoms with Crippen LogP contribution in [0.15, 0.2) is 112 Å². The fourth-order valence-corrected chi connectivity index (χ4v) is 6.55. The predicted octanol–water partition coefficient (Wildman–Crippen LogP) is 5.44. The summed E-state index contributed by atoms with van der Waals surface area (Å²) in [7, 11) is -1.41. The van der Waals surface area contributed by atoms with E-state index in [9.17, 15) is 18.0 Å². The average molecular weight is 695 g/mol. The van der Waals surface area contributed by atoms with E-state index in [1.165, 1.54) is 37.3 Å². The van der Waals surface area contributed by atoms with Crippen molar-refractivity contribution >= 4 is 43.5 Å². The van der Waals surface area contributed by atoms with Crippen molar-refractivity contribution in [3.63, 3.8) is 0 Å². The van der Waals surface area contributed by atoms with Crippen molar-refractivity contribution in [1.29, 1.82) is 0 Å². The van der Waals surface area contributed by atoms with Gasteiger partial charge in [0.1, 0.15) is 12.6 Å². The van der Waals surface area contributed by atoms with E-state index < -0.39 is 28.5 Å². The van der Waals surface area contributed by atoms with Crippen molar-refractivity contribution in [2.75, 3.05) is 31.6 Å². The summed E-state index contributed by atoms with van der Waals surface area (Å²) in [5, 5.41) is 2.86. The maximum Gasteiger partial charge on any atom is 0.264 e. The highest BCUT2D eigenvalue weighted by atomic mass is 79.9. The molecule has 2 amide bonds. The summed E-state index contributed by atoms with van der Waals surface area (Å²) in [5.74, 6) is -0.280. The van der Waals surface area contributed by atoms with Gasteiger partial charge in [0.05, 0.1) is 24.8 Å². The number of nitrogens with zero attached hydrogens (tertiary/aromatic N) is 2. The monoisotopic (exact) mass is 693 g/mol. The van der Waals surface area contributed by atoms with Gasteiger partial charge in [-0.2, -0.15) is 0 Å². The molecule has 1 unspecified atom stereocenters. The van der Waals surface area contributed by atoms with Crippen molar-refractivity contribution in [3.8, 4) is 11.5 Å². The topological polar surface area (TPSA) is 105 Å². The Balaban J connectivity index is 1.79. The van der Waals surface area contributed by atoms with Gasteiger partial charge in [-0.05, 0) is 54.4 Å². The lowest BCUT2D eigenvalue weighted by Gasteiger charge is -2.34. The fourth-order valence-electron chi connectivity index (χ4n) is 4.86. The fraction of sp³-hybridized carbons (Fsp3) is 0.235. The number of amides is 2. The molecule has 45 heavy (non-hydrogen) atoms. The van der Waals surface area contributed by atoms with Crippen molar-refractivity contribution in [2.24, 2.45) is 0 Å². The molecule has 9 nitrogen and oxygen atoms in total. The largest absolute Gasteiger partial charge is 0.493 e. The van der Waals surface area contributed by atoms with E-state index in [0.29, 0.717) is 18.0 Å². The first-order chi connectivity index (χ1) is 21.7. The molecule has 0 fully saturated rings. The average Bonchev–Trinajstić information content (AvgIpc) is 3.06. The second-order valence-electron chi connectivity index (χ2n) is 10.1. The van der Waals surface area contributed by atoms with E-state index >= 15 is 0 Å². The second-order valence-corrected chi connectivity index (χ2v) is 12.9. The van der Waals surface area contributed by atoms with E-state index in [2.05, 4.69) is 21.2 Å². The zero-order chi connectivity index (χ0) is 32.4. The van der Waals surface area contributed by atoms with Gasteiger partial charge in [-0.25, -0.2) is 8.42 Å². The lowest BCUT2D eigenvalue weighted by Crippen LogP contribution is -2.53. The summed E-state index contributed by atoms with van der Waals surface area (Å²) >= 11 is 3.44. The zero-order valence-electron chi connectivity index (χ0n) is 25.4. The normalized spacial score (nSPS) is 11.7. The van der Waals surface area contributed by atoms with Crippen LogP contribution >= 0.6 is 15.9 Å². The van der Waals surface area contributed by atoms with Gasteiger partial charge < -0.3 is 19.7 Å². The van der Waals surface area contributed by atoms with Crippen molar-refractivity contribution in [3.05, 3.63) is 119 Å². The minimum absolute atomic E-state index is 0.0826. The molecular weight excluding hydrogens is 658 g/mol. The number of para-hydroxylation sites is 1. The molecule has 0 heterocycles. The first-order valence-corrected chi connectivity index (χ1v) is 16.6. The highest BCUT2D eigenvalue weighted by molar-refractivity contribution is 9.10. The number of nitrogens with one attached hydrogen (secondary N) is 1. The summed E-state index contributed by atoms with van der Waals surface area (Å²) in [6, 6.07) is 28.6. The van der Waals surface area contributed by atoms with Crippen LogP contribution in [0.1, 0.15) is 18.1 Å². The second kappa shape index (κ2) is 15.6. The molecule has 0 aliphatic carbocycles. The van der Waals surface area contributed by atoms with Gasteiger partial charge in [-0.3, -0.25) is 13.9 Å². The number of carbonyl (C=O) groups excluding carboxylic acids is 2. The van der Waals surface area contributed by atoms with Crippen LogP contribution in [0, 0.1) is 0 Å². The molecule has 236 valence electrons. The number of likely N-dealkylation sites (N-methyl/N-ethyl adjacent to an activating group) is 1. The van der Waals surface area contributed by atoms with Crippen LogP contribution in [0.4, 0.5) is 5.69 Å². The third-order valence-corrected chi connectivity index (χ3v) is 9.45. The first kappa shape index (κ1) is 33.5. The van der Waals surface area contributed by atoms with E-state index in [0.717, 1.165) is 19.9 Å². The van der Waals surface area contributed by atoms with Crippen LogP contribution in [-0.4, -0.2) is 58.5 Å². The quantitative estimate of drug-likeness (QED) is 0.189. The summed E-state index contributed by atoms with van der Waals surface area (Å²) in [6.45, 7) is 1.71. The predicted molar refractivity (Wildman–Crippen MR) is 178 cm³/mol. The molecule has 0 spiro atoms. The molecule has 11 heteroatoms. The number of anilines is 1. The van der Waals surface area contributed by atoms with E-state index in [4.69, 9.17) is 9.47 Å². The summed E-state index contributed by atoms with van der Waals surface area (Å²) in [5.41, 5.74) is 1.94. The molecule has 0 saturated heterocycles. The van der Waals surface area contributed by atoms with Gasteiger partial charge in [-0.1, -0.05) is 76.6 Å². The number of halogens is 1. The van der Waals surface area contributed by atoms with Crippen molar-refractivity contribution in [1.82, 2.24) is 10.2 Å². The van der Waals surface area contributed by atoms with Crippen molar-refractivity contribution < 1.29 is 27.5 Å². The molecule has 0 bridgehead atoms. The number of hydrogen-bond acceptors (Lipinski definition) is 6. The Morgan fingerprint density at radius 1 is 0.822 bits per heavy atom. The van der Waals surface area contributed by atoms with Gasteiger partial charge in [0.25, 0.3) is 10.0 Å². The molecule has 4 aromatic rings. The summed E-state index contributed by atoms with van der Waals surface area (Å²) < 4.78 is 41.0. The number of ether oxygens (including phenoxy) is 2. The van der Waals surface area contributed by atoms with E-state index in [1.807, 2.05) is 61.5 Å². The third-order valence-electron chi connectivity index (χ3n) is 7.15. The van der Waals surface area contributed by atoms with Gasteiger partial charge in [0, 0.05) is 30.0 Å². The van der Waals surface area contributed by atoms with E-state index in [1.54, 1.807) is 30.3 Å². The minimum atomic E-state index is -4.29. The Bertz CT molecular complexity index is 1690. The smallest absolute Gasteiger partial charge is 0.264 e. The Labute approximate surface area is 273 Å². The molecule has 4 aromatic carbocycles. The molecule has 0 saturated carbocycles. The van der Waals surface area contributed by atoms with Gasteiger partial charge in [0.2, 0.25) is 11.8 Å². The Morgan fingerprint density at radius 2 is 1.44 bits per heavy atom. The first-order valence-electron chi connectivity index (χ1n) is 14.3. The lowest BCUT2D eigenvalue weighted by molar-refractivity contribution is -0.140. The Kier molecular flexibility index (Phi) is 11.6. The minimum Gasteiger partial charge on any atom is -0.493 e. The van der Waals surface area contributed by atoms with Crippen LogP contribution in [0.3, 0.4) is 0 Å². The number of methoxy groups -OCH3 is 2. The van der Waals surface area contributed by atoms with Crippen LogP contribution in [0.2, 0.25) is 0 Å². The Morgan fingerprint density at radius 3 is 2.04 bits per heavy atom. The molecular formula is C34H36BrN3O6S. The Hall–Kier alpha value is -4.35. The van der Waals surface area contributed by atoms with Gasteiger partial charge >= 0.3 is 0 Å². The van der Waals surface area contributed by atoms with E-state index in [-0.39, 0.29) is 29.5 Å². The van der Waals surface area contributed by atoms with Gasteiger partial charge in [0.15, 0.2) is 11.5 Å². The van der Waals surface area contributed by atoms with Crippen LogP contribution in [0.5, 0.6) is 11.5 Å². The third kappa shape index (κ3) is 8.43. The molecule has 4 rings (SSSR count). The molecule has 0 aliphatic heterocycles. The number of hydrogen-bond donors (Lipinski definition) is 1.